The number of rotatable bonds is 7. The van der Waals surface area contributed by atoms with E-state index in [-0.39, 0.29) is 16.6 Å². The number of nitrogens with zero attached hydrogens (tertiary/aromatic N) is 2. The van der Waals surface area contributed by atoms with Crippen molar-refractivity contribution in [1.82, 2.24) is 9.88 Å². The Kier molecular flexibility index (Phi) is 6.23. The van der Waals surface area contributed by atoms with Crippen LogP contribution in [-0.2, 0) is 0 Å². The zero-order valence-electron chi connectivity index (χ0n) is 12.4. The maximum atomic E-state index is 11.1. The second-order valence-corrected chi connectivity index (χ2v) is 5.99. The first-order valence-electron chi connectivity index (χ1n) is 6.59. The SMILES string of the molecule is CC(C)CC(CN(C)C)Nc1cc(C(=O)O)c(Cl)cn1. The molecule has 0 spiro atoms. The first-order chi connectivity index (χ1) is 9.29. The van der Waals surface area contributed by atoms with Crippen molar-refractivity contribution >= 4 is 23.4 Å². The zero-order valence-corrected chi connectivity index (χ0v) is 13.1. The second kappa shape index (κ2) is 7.45. The zero-order chi connectivity index (χ0) is 15.3. The number of carbonyl (C=O) groups is 1. The molecule has 6 heteroatoms. The average Bonchev–Trinajstić information content (AvgIpc) is 2.29. The summed E-state index contributed by atoms with van der Waals surface area (Å²) < 4.78 is 0. The molecule has 1 rings (SSSR count). The molecular formula is C14H22ClN3O2. The number of hydrogen-bond donors (Lipinski definition) is 2. The number of pyridine rings is 1. The minimum Gasteiger partial charge on any atom is -0.478 e. The highest BCUT2D eigenvalue weighted by atomic mass is 35.5. The Labute approximate surface area is 125 Å². The van der Waals surface area contributed by atoms with Crippen molar-refractivity contribution in [3.8, 4) is 0 Å². The van der Waals surface area contributed by atoms with E-state index in [9.17, 15) is 4.79 Å². The Balaban J connectivity index is 2.87. The number of anilines is 1. The predicted molar refractivity (Wildman–Crippen MR) is 81.6 cm³/mol. The number of halogens is 1. The van der Waals surface area contributed by atoms with Gasteiger partial charge in [-0.25, -0.2) is 9.78 Å². The van der Waals surface area contributed by atoms with Crippen LogP contribution in [-0.4, -0.2) is 47.6 Å². The monoisotopic (exact) mass is 299 g/mol. The van der Waals surface area contributed by atoms with E-state index >= 15 is 0 Å². The fourth-order valence-electron chi connectivity index (χ4n) is 2.08. The molecule has 0 radical (unpaired) electrons. The number of aromatic nitrogens is 1. The van der Waals surface area contributed by atoms with Gasteiger partial charge in [0.1, 0.15) is 5.82 Å². The van der Waals surface area contributed by atoms with Gasteiger partial charge in [-0.2, -0.15) is 0 Å². The minimum absolute atomic E-state index is 0.0670. The maximum Gasteiger partial charge on any atom is 0.337 e. The van der Waals surface area contributed by atoms with Crippen molar-refractivity contribution in [1.29, 1.82) is 0 Å². The molecule has 0 saturated heterocycles. The van der Waals surface area contributed by atoms with E-state index in [4.69, 9.17) is 16.7 Å². The van der Waals surface area contributed by atoms with E-state index in [0.29, 0.717) is 11.7 Å². The lowest BCUT2D eigenvalue weighted by atomic mass is 10.0. The largest absolute Gasteiger partial charge is 0.478 e. The number of likely N-dealkylation sites (N-methyl/N-ethyl adjacent to an activating group) is 1. The first-order valence-corrected chi connectivity index (χ1v) is 6.97. The third-order valence-electron chi connectivity index (χ3n) is 2.78. The third kappa shape index (κ3) is 5.35. The van der Waals surface area contributed by atoms with E-state index in [1.807, 2.05) is 14.1 Å². The van der Waals surface area contributed by atoms with Crippen LogP contribution in [0.4, 0.5) is 5.82 Å². The van der Waals surface area contributed by atoms with E-state index < -0.39 is 5.97 Å². The fraction of sp³-hybridized carbons (Fsp3) is 0.571. The van der Waals surface area contributed by atoms with Gasteiger partial charge in [-0.3, -0.25) is 0 Å². The van der Waals surface area contributed by atoms with Crippen molar-refractivity contribution in [3.05, 3.63) is 22.8 Å². The molecule has 0 saturated carbocycles. The van der Waals surface area contributed by atoms with Gasteiger partial charge in [0.25, 0.3) is 0 Å². The van der Waals surface area contributed by atoms with Crippen LogP contribution in [0.3, 0.4) is 0 Å². The molecule has 2 N–H and O–H groups in total. The summed E-state index contributed by atoms with van der Waals surface area (Å²) in [6.07, 6.45) is 2.35. The maximum absolute atomic E-state index is 11.1. The normalized spacial score (nSPS) is 12.8. The molecule has 0 fully saturated rings. The Morgan fingerprint density at radius 1 is 1.50 bits per heavy atom. The Morgan fingerprint density at radius 3 is 2.65 bits per heavy atom. The van der Waals surface area contributed by atoms with Crippen molar-refractivity contribution in [2.45, 2.75) is 26.3 Å². The van der Waals surface area contributed by atoms with Gasteiger partial charge in [-0.05, 0) is 32.5 Å². The van der Waals surface area contributed by atoms with E-state index in [1.165, 1.54) is 12.3 Å². The summed E-state index contributed by atoms with van der Waals surface area (Å²) in [5, 5.41) is 12.5. The molecule has 0 aliphatic heterocycles. The van der Waals surface area contributed by atoms with Crippen LogP contribution < -0.4 is 5.32 Å². The predicted octanol–water partition coefficient (Wildman–Crippen LogP) is 2.82. The quantitative estimate of drug-likeness (QED) is 0.810. The van der Waals surface area contributed by atoms with Crippen LogP contribution in [0.5, 0.6) is 0 Å². The highest BCUT2D eigenvalue weighted by Crippen LogP contribution is 2.19. The van der Waals surface area contributed by atoms with Gasteiger partial charge in [0, 0.05) is 18.8 Å². The van der Waals surface area contributed by atoms with Gasteiger partial charge in [0.2, 0.25) is 0 Å². The Hall–Kier alpha value is -1.33. The van der Waals surface area contributed by atoms with Gasteiger partial charge in [0.15, 0.2) is 0 Å². The van der Waals surface area contributed by atoms with Crippen LogP contribution in [0, 0.1) is 5.92 Å². The summed E-state index contributed by atoms with van der Waals surface area (Å²) in [4.78, 5) is 17.3. The van der Waals surface area contributed by atoms with Gasteiger partial charge in [-0.1, -0.05) is 25.4 Å². The van der Waals surface area contributed by atoms with Gasteiger partial charge in [-0.15, -0.1) is 0 Å². The van der Waals surface area contributed by atoms with Crippen LogP contribution >= 0.6 is 11.6 Å². The molecule has 1 heterocycles. The number of hydrogen-bond acceptors (Lipinski definition) is 4. The van der Waals surface area contributed by atoms with Crippen LogP contribution in [0.25, 0.3) is 0 Å². The molecule has 0 amide bonds. The van der Waals surface area contributed by atoms with E-state index in [2.05, 4.69) is 29.0 Å². The lowest BCUT2D eigenvalue weighted by molar-refractivity contribution is 0.0697. The van der Waals surface area contributed by atoms with Crippen LogP contribution in [0.15, 0.2) is 12.3 Å². The molecule has 0 aromatic carbocycles. The number of carboxylic acid groups (broad SMARTS) is 1. The Morgan fingerprint density at radius 2 is 2.15 bits per heavy atom. The van der Waals surface area contributed by atoms with Gasteiger partial charge < -0.3 is 15.3 Å². The molecular weight excluding hydrogens is 278 g/mol. The summed E-state index contributed by atoms with van der Waals surface area (Å²) in [6.45, 7) is 5.16. The summed E-state index contributed by atoms with van der Waals surface area (Å²) >= 11 is 5.82. The molecule has 0 aliphatic carbocycles. The number of carboxylic acids is 1. The summed E-state index contributed by atoms with van der Waals surface area (Å²) in [6, 6.07) is 1.69. The molecule has 20 heavy (non-hydrogen) atoms. The summed E-state index contributed by atoms with van der Waals surface area (Å²) in [5.74, 6) is 0.0338. The lowest BCUT2D eigenvalue weighted by Crippen LogP contribution is -2.33. The van der Waals surface area contributed by atoms with Crippen molar-refractivity contribution in [2.24, 2.45) is 5.92 Å². The molecule has 0 bridgehead atoms. The lowest BCUT2D eigenvalue weighted by Gasteiger charge is -2.24. The molecule has 5 nitrogen and oxygen atoms in total. The van der Waals surface area contributed by atoms with Gasteiger partial charge in [0.05, 0.1) is 10.6 Å². The molecule has 0 aliphatic rings. The summed E-state index contributed by atoms with van der Waals surface area (Å²) in [7, 11) is 4.01. The highest BCUT2D eigenvalue weighted by Gasteiger charge is 2.15. The topological polar surface area (TPSA) is 65.5 Å². The molecule has 1 unspecified atom stereocenters. The molecule has 1 aromatic heterocycles. The van der Waals surface area contributed by atoms with Crippen molar-refractivity contribution < 1.29 is 9.90 Å². The summed E-state index contributed by atoms with van der Waals surface area (Å²) in [5.41, 5.74) is 0.0670. The molecule has 1 atom stereocenters. The smallest absolute Gasteiger partial charge is 0.337 e. The van der Waals surface area contributed by atoms with Crippen molar-refractivity contribution in [3.63, 3.8) is 0 Å². The fourth-order valence-corrected chi connectivity index (χ4v) is 2.26. The standard InChI is InChI=1S/C14H22ClN3O2/c1-9(2)5-10(8-18(3)4)17-13-6-11(14(19)20)12(15)7-16-13/h6-7,9-10H,5,8H2,1-4H3,(H,16,17)(H,19,20). The first kappa shape index (κ1) is 16.7. The van der Waals surface area contributed by atoms with Crippen molar-refractivity contribution in [2.75, 3.05) is 26.0 Å². The number of aromatic carboxylic acids is 1. The van der Waals surface area contributed by atoms with Crippen LogP contribution in [0.2, 0.25) is 5.02 Å². The molecule has 1 aromatic rings. The second-order valence-electron chi connectivity index (χ2n) is 5.59. The van der Waals surface area contributed by atoms with E-state index in [0.717, 1.165) is 13.0 Å². The third-order valence-corrected chi connectivity index (χ3v) is 3.08. The minimum atomic E-state index is -1.05. The van der Waals surface area contributed by atoms with Gasteiger partial charge >= 0.3 is 5.97 Å². The highest BCUT2D eigenvalue weighted by molar-refractivity contribution is 6.33. The number of nitrogens with one attached hydrogen (secondary N) is 1. The van der Waals surface area contributed by atoms with E-state index in [1.54, 1.807) is 0 Å². The molecule has 112 valence electrons. The van der Waals surface area contributed by atoms with Crippen LogP contribution in [0.1, 0.15) is 30.6 Å². The Bertz CT molecular complexity index is 454. The average molecular weight is 300 g/mol.